The summed E-state index contributed by atoms with van der Waals surface area (Å²) >= 11 is 0. The van der Waals surface area contributed by atoms with E-state index in [2.05, 4.69) is 10.6 Å². The zero-order chi connectivity index (χ0) is 24.0. The highest BCUT2D eigenvalue weighted by atomic mass is 32.2. The Morgan fingerprint density at radius 1 is 1.12 bits per heavy atom. The Labute approximate surface area is 189 Å². The van der Waals surface area contributed by atoms with E-state index in [1.165, 1.54) is 7.11 Å². The van der Waals surface area contributed by atoms with Crippen LogP contribution in [0.4, 0.5) is 5.69 Å². The molecule has 1 atom stereocenters. The van der Waals surface area contributed by atoms with E-state index in [4.69, 9.17) is 9.47 Å². The fraction of sp³-hybridized carbons (Fsp3) is 0.300. The first-order valence-corrected chi connectivity index (χ1v) is 11.2. The van der Waals surface area contributed by atoms with Crippen molar-refractivity contribution in [2.45, 2.75) is 17.7 Å². The van der Waals surface area contributed by atoms with Gasteiger partial charge < -0.3 is 20.1 Å². The van der Waals surface area contributed by atoms with E-state index in [1.54, 1.807) is 24.3 Å². The number of carbonyl (C=O) groups is 2. The summed E-state index contributed by atoms with van der Waals surface area (Å²) in [6.45, 7) is -0.00222. The Bertz CT molecular complexity index is 1120. The molecule has 1 aliphatic heterocycles. The van der Waals surface area contributed by atoms with Crippen molar-refractivity contribution in [2.24, 2.45) is 0 Å². The van der Waals surface area contributed by atoms with Crippen LogP contribution >= 0.6 is 0 Å². The van der Waals surface area contributed by atoms with E-state index in [9.17, 15) is 28.1 Å². The Morgan fingerprint density at radius 2 is 1.76 bits per heavy atom. The number of hydrogen-bond donors (Lipinski definition) is 2. The maximum absolute atomic E-state index is 12.9. The van der Waals surface area contributed by atoms with Crippen molar-refractivity contribution in [3.8, 4) is 5.75 Å². The number of nitrogens with zero attached hydrogens (tertiary/aromatic N) is 2. The summed E-state index contributed by atoms with van der Waals surface area (Å²) in [6, 6.07) is 11.4. The normalized spacial score (nSPS) is 16.2. The van der Waals surface area contributed by atoms with Gasteiger partial charge in [-0.2, -0.15) is 4.31 Å². The van der Waals surface area contributed by atoms with Crippen LogP contribution < -0.4 is 15.4 Å². The summed E-state index contributed by atoms with van der Waals surface area (Å²) < 4.78 is 37.2. The lowest BCUT2D eigenvalue weighted by molar-refractivity contribution is -0.384. The first-order valence-electron chi connectivity index (χ1n) is 9.79. The molecule has 176 valence electrons. The molecule has 2 N–H and O–H groups in total. The Balaban J connectivity index is 1.55. The predicted molar refractivity (Wildman–Crippen MR) is 115 cm³/mol. The van der Waals surface area contributed by atoms with E-state index in [-0.39, 0.29) is 36.8 Å². The van der Waals surface area contributed by atoms with Gasteiger partial charge in [-0.15, -0.1) is 0 Å². The molecular formula is C20H22N4O8S. The monoisotopic (exact) mass is 478 g/mol. The zero-order valence-electron chi connectivity index (χ0n) is 17.6. The van der Waals surface area contributed by atoms with Crippen molar-refractivity contribution in [3.05, 3.63) is 64.2 Å². The van der Waals surface area contributed by atoms with Gasteiger partial charge in [0.25, 0.3) is 5.69 Å². The number of non-ortho nitro benzene ring substituents is 1. The zero-order valence-corrected chi connectivity index (χ0v) is 18.4. The molecule has 0 bridgehead atoms. The second-order valence-corrected chi connectivity index (χ2v) is 8.82. The van der Waals surface area contributed by atoms with Gasteiger partial charge in [0.15, 0.2) is 0 Å². The first-order chi connectivity index (χ1) is 15.7. The topological polar surface area (TPSA) is 157 Å². The largest absolute Gasteiger partial charge is 0.497 e. The van der Waals surface area contributed by atoms with Crippen LogP contribution in [0.5, 0.6) is 5.75 Å². The number of hydrogen-bond acceptors (Lipinski definition) is 8. The van der Waals surface area contributed by atoms with Crippen LogP contribution in [0.3, 0.4) is 0 Å². The third kappa shape index (κ3) is 5.83. The number of nitro benzene ring substituents is 1. The number of carbonyl (C=O) groups excluding carboxylic acids is 2. The minimum absolute atomic E-state index is 0.0313. The molecular weight excluding hydrogens is 456 g/mol. The Kier molecular flexibility index (Phi) is 7.58. The predicted octanol–water partition coefficient (Wildman–Crippen LogP) is 0.383. The molecule has 12 nitrogen and oxygen atoms in total. The molecule has 0 spiro atoms. The van der Waals surface area contributed by atoms with E-state index < -0.39 is 33.0 Å². The van der Waals surface area contributed by atoms with Crippen LogP contribution in [0, 0.1) is 10.1 Å². The number of nitro groups is 1. The molecule has 1 fully saturated rings. The van der Waals surface area contributed by atoms with E-state index >= 15 is 0 Å². The fourth-order valence-electron chi connectivity index (χ4n) is 3.08. The van der Waals surface area contributed by atoms with Gasteiger partial charge in [0, 0.05) is 25.2 Å². The standard InChI is InChI=1S/C20H22N4O8S/c1-31-16-6-2-14(3-7-16)12-21-19(25)20(26)22-13-18-23(10-11-32-18)33(29,30)17-8-4-15(5-9-17)24(27)28/h2-9,18H,10-13H2,1H3,(H,21,25)(H,22,26)/t18-/m0/s1. The molecule has 0 aliphatic carbocycles. The van der Waals surface area contributed by atoms with Gasteiger partial charge in [-0.3, -0.25) is 19.7 Å². The van der Waals surface area contributed by atoms with Crippen molar-refractivity contribution >= 4 is 27.5 Å². The SMILES string of the molecule is COc1ccc(CNC(=O)C(=O)NC[C@@H]2OCCN2S(=O)(=O)c2ccc([N+](=O)[O-])cc2)cc1. The third-order valence-electron chi connectivity index (χ3n) is 4.85. The summed E-state index contributed by atoms with van der Waals surface area (Å²) in [5.41, 5.74) is 0.521. The van der Waals surface area contributed by atoms with Crippen molar-refractivity contribution < 1.29 is 32.4 Å². The average molecular weight is 478 g/mol. The van der Waals surface area contributed by atoms with Gasteiger partial charge in [0.2, 0.25) is 10.0 Å². The quantitative estimate of drug-likeness (QED) is 0.313. The van der Waals surface area contributed by atoms with Gasteiger partial charge in [-0.05, 0) is 29.8 Å². The lowest BCUT2D eigenvalue weighted by atomic mass is 10.2. The fourth-order valence-corrected chi connectivity index (χ4v) is 4.59. The number of amides is 2. The highest BCUT2D eigenvalue weighted by Crippen LogP contribution is 2.24. The van der Waals surface area contributed by atoms with Gasteiger partial charge >= 0.3 is 11.8 Å². The van der Waals surface area contributed by atoms with Crippen LogP contribution in [-0.4, -0.2) is 62.5 Å². The van der Waals surface area contributed by atoms with Crippen molar-refractivity contribution in [3.63, 3.8) is 0 Å². The number of sulfonamides is 1. The van der Waals surface area contributed by atoms with Gasteiger partial charge in [0.05, 0.1) is 30.1 Å². The number of rotatable bonds is 8. The maximum Gasteiger partial charge on any atom is 0.309 e. The van der Waals surface area contributed by atoms with E-state index in [1.807, 2.05) is 0 Å². The highest BCUT2D eigenvalue weighted by molar-refractivity contribution is 7.89. The molecule has 1 heterocycles. The molecule has 0 aromatic heterocycles. The molecule has 1 aliphatic rings. The lowest BCUT2D eigenvalue weighted by Crippen LogP contribution is -2.47. The van der Waals surface area contributed by atoms with Crippen LogP contribution in [0.15, 0.2) is 53.4 Å². The molecule has 2 amide bonds. The Hall–Kier alpha value is -3.55. The summed E-state index contributed by atoms with van der Waals surface area (Å²) in [4.78, 5) is 34.2. The van der Waals surface area contributed by atoms with Crippen LogP contribution in [0.2, 0.25) is 0 Å². The summed E-state index contributed by atoms with van der Waals surface area (Å²) in [6.07, 6.45) is -1.02. The van der Waals surface area contributed by atoms with Crippen LogP contribution in [0.1, 0.15) is 5.56 Å². The van der Waals surface area contributed by atoms with Gasteiger partial charge in [-0.25, -0.2) is 8.42 Å². The molecule has 0 radical (unpaired) electrons. The molecule has 33 heavy (non-hydrogen) atoms. The highest BCUT2D eigenvalue weighted by Gasteiger charge is 2.36. The summed E-state index contributed by atoms with van der Waals surface area (Å²) in [5.74, 6) is -1.16. The maximum atomic E-state index is 12.9. The lowest BCUT2D eigenvalue weighted by Gasteiger charge is -2.22. The van der Waals surface area contributed by atoms with Gasteiger partial charge in [-0.1, -0.05) is 12.1 Å². The first kappa shape index (κ1) is 24.1. The minimum atomic E-state index is -4.03. The molecule has 1 saturated heterocycles. The molecule has 13 heteroatoms. The molecule has 0 unspecified atom stereocenters. The average Bonchev–Trinajstić information content (AvgIpc) is 3.31. The van der Waals surface area contributed by atoms with E-state index in [0.29, 0.717) is 5.75 Å². The van der Waals surface area contributed by atoms with Crippen molar-refractivity contribution in [2.75, 3.05) is 26.8 Å². The molecule has 0 saturated carbocycles. The van der Waals surface area contributed by atoms with Crippen molar-refractivity contribution in [1.29, 1.82) is 0 Å². The second-order valence-electron chi connectivity index (χ2n) is 6.93. The van der Waals surface area contributed by atoms with Crippen LogP contribution in [0.25, 0.3) is 0 Å². The third-order valence-corrected chi connectivity index (χ3v) is 6.76. The Morgan fingerprint density at radius 3 is 2.36 bits per heavy atom. The van der Waals surface area contributed by atoms with Gasteiger partial charge in [0.1, 0.15) is 12.0 Å². The summed E-state index contributed by atoms with van der Waals surface area (Å²) in [7, 11) is -2.49. The number of benzene rings is 2. The molecule has 2 aromatic rings. The second kappa shape index (κ2) is 10.4. The number of methoxy groups -OCH3 is 1. The van der Waals surface area contributed by atoms with E-state index in [0.717, 1.165) is 34.1 Å². The minimum Gasteiger partial charge on any atom is -0.497 e. The summed E-state index contributed by atoms with van der Waals surface area (Å²) in [5, 5.41) is 15.6. The number of ether oxygens (including phenoxy) is 2. The molecule has 2 aromatic carbocycles. The number of nitrogens with one attached hydrogen (secondary N) is 2. The van der Waals surface area contributed by atoms with Crippen LogP contribution in [-0.2, 0) is 30.9 Å². The smallest absolute Gasteiger partial charge is 0.309 e. The molecule has 3 rings (SSSR count). The van der Waals surface area contributed by atoms with Crippen molar-refractivity contribution in [1.82, 2.24) is 14.9 Å².